The third-order valence-corrected chi connectivity index (χ3v) is 6.02. The lowest BCUT2D eigenvalue weighted by Gasteiger charge is -2.18. The highest BCUT2D eigenvalue weighted by atomic mass is 19.1. The number of aromatic nitrogens is 3. The second-order valence-corrected chi connectivity index (χ2v) is 8.26. The van der Waals surface area contributed by atoms with Gasteiger partial charge >= 0.3 is 0 Å². The van der Waals surface area contributed by atoms with Gasteiger partial charge in [0.1, 0.15) is 17.3 Å². The molecule has 0 bridgehead atoms. The number of aliphatic hydroxyl groups excluding tert-OH is 1. The minimum absolute atomic E-state index is 0.113. The Kier molecular flexibility index (Phi) is 6.26. The normalized spacial score (nSPS) is 11.1. The molecule has 0 saturated carbocycles. The van der Waals surface area contributed by atoms with E-state index >= 15 is 0 Å². The number of carbonyl (C=O) groups excluding carboxylic acids is 1. The van der Waals surface area contributed by atoms with Crippen LogP contribution in [0.1, 0.15) is 10.5 Å². The second-order valence-electron chi connectivity index (χ2n) is 8.26. The topological polar surface area (TPSA) is 80.0 Å². The van der Waals surface area contributed by atoms with Crippen molar-refractivity contribution in [2.24, 2.45) is 7.05 Å². The largest absolute Gasteiger partial charge is 0.395 e. The molecule has 3 heterocycles. The van der Waals surface area contributed by atoms with Crippen LogP contribution in [0.15, 0.2) is 79.1 Å². The van der Waals surface area contributed by atoms with Crippen molar-refractivity contribution < 1.29 is 18.7 Å². The van der Waals surface area contributed by atoms with Gasteiger partial charge in [-0.1, -0.05) is 12.1 Å². The van der Waals surface area contributed by atoms with Crippen molar-refractivity contribution in [2.45, 2.75) is 0 Å². The fourth-order valence-corrected chi connectivity index (χ4v) is 4.37. The van der Waals surface area contributed by atoms with Crippen LogP contribution in [-0.2, 0) is 7.05 Å². The van der Waals surface area contributed by atoms with Crippen LogP contribution in [0.25, 0.3) is 44.5 Å². The van der Waals surface area contributed by atoms with Crippen LogP contribution in [0, 0.1) is 11.6 Å². The zero-order valence-corrected chi connectivity index (χ0v) is 19.4. The van der Waals surface area contributed by atoms with Crippen LogP contribution >= 0.6 is 0 Å². The minimum Gasteiger partial charge on any atom is -0.395 e. The lowest BCUT2D eigenvalue weighted by atomic mass is 9.90. The molecule has 3 aromatic heterocycles. The van der Waals surface area contributed by atoms with Crippen LogP contribution in [-0.4, -0.2) is 38.7 Å². The van der Waals surface area contributed by atoms with Crippen molar-refractivity contribution in [1.82, 2.24) is 19.9 Å². The summed E-state index contributed by atoms with van der Waals surface area (Å²) < 4.78 is 29.4. The number of nitrogens with zero attached hydrogens (tertiary/aromatic N) is 3. The number of amides is 1. The molecular weight excluding hydrogens is 462 g/mol. The summed E-state index contributed by atoms with van der Waals surface area (Å²) in [5, 5.41) is 11.8. The Morgan fingerprint density at radius 2 is 1.47 bits per heavy atom. The third kappa shape index (κ3) is 4.23. The van der Waals surface area contributed by atoms with E-state index in [1.54, 1.807) is 54.3 Å². The van der Waals surface area contributed by atoms with Crippen LogP contribution in [0.5, 0.6) is 0 Å². The summed E-state index contributed by atoms with van der Waals surface area (Å²) >= 11 is 0. The average Bonchev–Trinajstić information content (AvgIpc) is 3.24. The van der Waals surface area contributed by atoms with Crippen molar-refractivity contribution >= 4 is 16.9 Å². The molecule has 0 radical (unpaired) electrons. The third-order valence-electron chi connectivity index (χ3n) is 6.02. The Morgan fingerprint density at radius 1 is 0.889 bits per heavy atom. The first-order valence-corrected chi connectivity index (χ1v) is 11.3. The fraction of sp³-hybridized carbons (Fsp3) is 0.107. The van der Waals surface area contributed by atoms with Gasteiger partial charge in [-0.05, 0) is 65.7 Å². The number of hydrogen-bond donors (Lipinski definition) is 2. The highest BCUT2D eigenvalue weighted by Crippen LogP contribution is 2.43. The molecule has 0 unspecified atom stereocenters. The van der Waals surface area contributed by atoms with E-state index in [0.29, 0.717) is 28.0 Å². The monoisotopic (exact) mass is 484 g/mol. The Labute approximate surface area is 205 Å². The van der Waals surface area contributed by atoms with Gasteiger partial charge in [-0.25, -0.2) is 13.8 Å². The fourth-order valence-electron chi connectivity index (χ4n) is 4.37. The summed E-state index contributed by atoms with van der Waals surface area (Å²) in [6, 6.07) is 17.5. The van der Waals surface area contributed by atoms with Gasteiger partial charge in [0.2, 0.25) is 0 Å². The molecule has 8 heteroatoms. The number of aryl methyl sites for hydroxylation is 1. The molecule has 5 rings (SSSR count). The molecule has 2 aromatic carbocycles. The lowest BCUT2D eigenvalue weighted by Crippen LogP contribution is -2.27. The minimum atomic E-state index is -0.371. The molecule has 2 N–H and O–H groups in total. The molecule has 0 aliphatic heterocycles. The molecule has 5 aromatic rings. The Hall–Kier alpha value is -4.43. The van der Waals surface area contributed by atoms with Crippen molar-refractivity contribution in [1.29, 1.82) is 0 Å². The summed E-state index contributed by atoms with van der Waals surface area (Å²) in [6.07, 6.45) is 3.34. The first-order chi connectivity index (χ1) is 17.5. The van der Waals surface area contributed by atoms with E-state index in [1.807, 2.05) is 12.1 Å². The molecule has 36 heavy (non-hydrogen) atoms. The zero-order valence-electron chi connectivity index (χ0n) is 19.4. The maximum absolute atomic E-state index is 13.9. The second kappa shape index (κ2) is 9.67. The van der Waals surface area contributed by atoms with E-state index in [-0.39, 0.29) is 30.7 Å². The van der Waals surface area contributed by atoms with Gasteiger partial charge in [0.05, 0.1) is 23.3 Å². The summed E-state index contributed by atoms with van der Waals surface area (Å²) in [5.41, 5.74) is 5.86. The van der Waals surface area contributed by atoms with E-state index in [0.717, 1.165) is 22.3 Å². The first-order valence-electron chi connectivity index (χ1n) is 11.3. The number of aliphatic hydroxyl groups is 1. The summed E-state index contributed by atoms with van der Waals surface area (Å²) in [4.78, 5) is 21.9. The predicted molar refractivity (Wildman–Crippen MR) is 134 cm³/mol. The highest BCUT2D eigenvalue weighted by molar-refractivity contribution is 6.08. The average molecular weight is 485 g/mol. The number of hydrogen-bond acceptors (Lipinski definition) is 4. The molecule has 180 valence electrons. The van der Waals surface area contributed by atoms with E-state index in [1.165, 1.54) is 24.3 Å². The quantitative estimate of drug-likeness (QED) is 0.357. The van der Waals surface area contributed by atoms with E-state index in [9.17, 15) is 13.6 Å². The Bertz CT molecular complexity index is 1550. The van der Waals surface area contributed by atoms with Crippen molar-refractivity contribution in [3.8, 4) is 33.5 Å². The van der Waals surface area contributed by atoms with Gasteiger partial charge in [0.25, 0.3) is 5.91 Å². The van der Waals surface area contributed by atoms with Crippen molar-refractivity contribution in [2.75, 3.05) is 13.2 Å². The molecule has 1 amide bonds. The van der Waals surface area contributed by atoms with Gasteiger partial charge in [-0.2, -0.15) is 0 Å². The van der Waals surface area contributed by atoms with E-state index in [2.05, 4.69) is 10.3 Å². The zero-order chi connectivity index (χ0) is 25.2. The molecule has 0 spiro atoms. The van der Waals surface area contributed by atoms with Crippen molar-refractivity contribution in [3.05, 3.63) is 96.5 Å². The number of nitrogens with one attached hydrogen (secondary N) is 1. The van der Waals surface area contributed by atoms with Gasteiger partial charge in [0, 0.05) is 42.7 Å². The predicted octanol–water partition coefficient (Wildman–Crippen LogP) is 4.97. The number of halogens is 2. The number of benzene rings is 2. The molecule has 0 fully saturated rings. The van der Waals surface area contributed by atoms with Gasteiger partial charge in [0.15, 0.2) is 0 Å². The SMILES string of the molecule is Cn1c(C(=O)NCCO)cc2nc(-c3ccc(F)cc3)c(-c3ccncc3)c(-c3ccc(F)cc3)c21. The summed E-state index contributed by atoms with van der Waals surface area (Å²) in [5.74, 6) is -1.10. The van der Waals surface area contributed by atoms with Crippen LogP contribution in [0.2, 0.25) is 0 Å². The summed E-state index contributed by atoms with van der Waals surface area (Å²) in [7, 11) is 1.76. The summed E-state index contributed by atoms with van der Waals surface area (Å²) in [6.45, 7) is -0.0721. The number of rotatable bonds is 6. The number of carbonyl (C=O) groups is 1. The van der Waals surface area contributed by atoms with E-state index < -0.39 is 0 Å². The maximum atomic E-state index is 13.9. The molecule has 0 saturated heterocycles. The van der Waals surface area contributed by atoms with Crippen LogP contribution in [0.3, 0.4) is 0 Å². The molecule has 0 atom stereocenters. The van der Waals surface area contributed by atoms with Gasteiger partial charge < -0.3 is 15.0 Å². The van der Waals surface area contributed by atoms with Crippen LogP contribution < -0.4 is 5.32 Å². The lowest BCUT2D eigenvalue weighted by molar-refractivity contribution is 0.0937. The highest BCUT2D eigenvalue weighted by Gasteiger charge is 2.24. The smallest absolute Gasteiger partial charge is 0.268 e. The number of fused-ring (bicyclic) bond motifs is 1. The first kappa shape index (κ1) is 23.3. The number of pyridine rings is 2. The molecule has 0 aliphatic rings. The van der Waals surface area contributed by atoms with Gasteiger partial charge in [-0.3, -0.25) is 9.78 Å². The van der Waals surface area contributed by atoms with Gasteiger partial charge in [-0.15, -0.1) is 0 Å². The van der Waals surface area contributed by atoms with Crippen molar-refractivity contribution in [3.63, 3.8) is 0 Å². The Balaban J connectivity index is 1.91. The maximum Gasteiger partial charge on any atom is 0.268 e. The standard InChI is InChI=1S/C28H22F2N4O2/c1-34-23(28(36)32-14-15-35)16-22-27(34)25(17-2-6-20(29)7-3-17)24(18-10-12-31-13-11-18)26(33-22)19-4-8-21(30)9-5-19/h2-13,16,35H,14-15H2,1H3,(H,32,36). The molecular formula is C28H22F2N4O2. The molecule has 0 aliphatic carbocycles. The van der Waals surface area contributed by atoms with E-state index in [4.69, 9.17) is 10.1 Å². The Morgan fingerprint density at radius 3 is 2.08 bits per heavy atom. The van der Waals surface area contributed by atoms with Crippen LogP contribution in [0.4, 0.5) is 8.78 Å². The molecule has 6 nitrogen and oxygen atoms in total.